The number of nitro benzene ring substituents is 1. The van der Waals surface area contributed by atoms with Crippen LogP contribution < -0.4 is 5.32 Å². The van der Waals surface area contributed by atoms with E-state index in [0.29, 0.717) is 13.1 Å². The van der Waals surface area contributed by atoms with Crippen molar-refractivity contribution in [3.8, 4) is 0 Å². The molecule has 0 spiro atoms. The number of rotatable bonds is 2. The van der Waals surface area contributed by atoms with Gasteiger partial charge in [-0.05, 0) is 31.4 Å². The fraction of sp³-hybridized carbons (Fsp3) is 0.385. The number of likely N-dealkylation sites (tertiary alicyclic amines) is 1. The Balaban J connectivity index is 2.07. The molecule has 0 atom stereocenters. The van der Waals surface area contributed by atoms with Crippen molar-refractivity contribution < 1.29 is 14.5 Å². The molecule has 7 nitrogen and oxygen atoms in total. The van der Waals surface area contributed by atoms with E-state index >= 15 is 0 Å². The molecule has 112 valence electrons. The number of nitro groups is 1. The van der Waals surface area contributed by atoms with Crippen LogP contribution in [0.4, 0.5) is 10.5 Å². The number of hydrogen-bond donors (Lipinski definition) is 1. The topological polar surface area (TPSA) is 92.6 Å². The van der Waals surface area contributed by atoms with Crippen molar-refractivity contribution >= 4 is 29.2 Å². The Labute approximate surface area is 126 Å². The number of carbonyl (C=O) groups is 2. The highest BCUT2D eigenvalue weighted by Crippen LogP contribution is 2.25. The predicted octanol–water partition coefficient (Wildman–Crippen LogP) is 2.58. The highest BCUT2D eigenvalue weighted by molar-refractivity contribution is 6.32. The molecule has 1 aliphatic rings. The van der Waals surface area contributed by atoms with Gasteiger partial charge in [-0.1, -0.05) is 11.6 Å². The lowest BCUT2D eigenvalue weighted by Gasteiger charge is -2.26. The van der Waals surface area contributed by atoms with Crippen LogP contribution in [0.15, 0.2) is 18.2 Å². The Hall–Kier alpha value is -2.15. The van der Waals surface area contributed by atoms with Gasteiger partial charge < -0.3 is 4.90 Å². The van der Waals surface area contributed by atoms with Crippen LogP contribution >= 0.6 is 11.6 Å². The fourth-order valence-electron chi connectivity index (χ4n) is 2.14. The standard InChI is InChI=1S/C13H14ClN3O4/c14-10-5-4-9(8-11(10)17(20)21)12(18)15-13(19)16-6-2-1-3-7-16/h4-5,8H,1-3,6-7H2,(H,15,18,19). The molecular formula is C13H14ClN3O4. The van der Waals surface area contributed by atoms with E-state index in [4.69, 9.17) is 11.6 Å². The molecule has 1 aromatic rings. The summed E-state index contributed by atoms with van der Waals surface area (Å²) in [6.45, 7) is 1.22. The summed E-state index contributed by atoms with van der Waals surface area (Å²) < 4.78 is 0. The SMILES string of the molecule is O=C(NC(=O)N1CCCCC1)c1ccc(Cl)c([N+](=O)[O-])c1. The second-order valence-corrected chi connectivity index (χ2v) is 5.14. The molecule has 0 saturated carbocycles. The van der Waals surface area contributed by atoms with Crippen molar-refractivity contribution in [3.05, 3.63) is 38.9 Å². The molecular weight excluding hydrogens is 298 g/mol. The van der Waals surface area contributed by atoms with E-state index in [2.05, 4.69) is 5.32 Å². The van der Waals surface area contributed by atoms with Crippen LogP contribution in [0.1, 0.15) is 29.6 Å². The van der Waals surface area contributed by atoms with Crippen LogP contribution in [0.3, 0.4) is 0 Å². The average molecular weight is 312 g/mol. The normalized spacial score (nSPS) is 14.6. The Bertz CT molecular complexity index is 585. The van der Waals surface area contributed by atoms with E-state index in [1.807, 2.05) is 0 Å². The van der Waals surface area contributed by atoms with Gasteiger partial charge in [0.25, 0.3) is 11.6 Å². The molecule has 8 heteroatoms. The van der Waals surface area contributed by atoms with Crippen molar-refractivity contribution in [3.63, 3.8) is 0 Å². The Morgan fingerprint density at radius 2 is 1.90 bits per heavy atom. The van der Waals surface area contributed by atoms with Gasteiger partial charge in [-0.25, -0.2) is 4.79 Å². The first-order chi connectivity index (χ1) is 9.99. The molecule has 1 fully saturated rings. The first kappa shape index (κ1) is 15.2. The number of benzene rings is 1. The summed E-state index contributed by atoms with van der Waals surface area (Å²) in [7, 11) is 0. The minimum absolute atomic E-state index is 0.0245. The van der Waals surface area contributed by atoms with E-state index in [1.54, 1.807) is 4.90 Å². The largest absolute Gasteiger partial charge is 0.324 e. The molecule has 1 N–H and O–H groups in total. The molecule has 21 heavy (non-hydrogen) atoms. The second kappa shape index (κ2) is 6.53. The quantitative estimate of drug-likeness (QED) is 0.671. The van der Waals surface area contributed by atoms with Crippen LogP contribution in [0.25, 0.3) is 0 Å². The van der Waals surface area contributed by atoms with Crippen LogP contribution in [0.2, 0.25) is 5.02 Å². The number of imide groups is 1. The molecule has 1 aromatic carbocycles. The molecule has 3 amide bonds. The molecule has 0 aromatic heterocycles. The predicted molar refractivity (Wildman–Crippen MR) is 76.4 cm³/mol. The first-order valence-electron chi connectivity index (χ1n) is 6.53. The summed E-state index contributed by atoms with van der Waals surface area (Å²) in [5.74, 6) is -0.676. The number of nitrogens with zero attached hydrogens (tertiary/aromatic N) is 2. The van der Waals surface area contributed by atoms with Crippen LogP contribution in [0, 0.1) is 10.1 Å². The molecule has 0 radical (unpaired) electrons. The van der Waals surface area contributed by atoms with Crippen molar-refractivity contribution in [2.45, 2.75) is 19.3 Å². The minimum atomic E-state index is -0.676. The molecule has 1 saturated heterocycles. The molecule has 0 bridgehead atoms. The number of urea groups is 1. The van der Waals surface area contributed by atoms with Gasteiger partial charge in [0.15, 0.2) is 0 Å². The Kier molecular flexibility index (Phi) is 4.74. The van der Waals surface area contributed by atoms with Gasteiger partial charge >= 0.3 is 6.03 Å². The van der Waals surface area contributed by atoms with E-state index in [0.717, 1.165) is 25.3 Å². The number of piperidine rings is 1. The number of hydrogen-bond acceptors (Lipinski definition) is 4. The number of halogens is 1. The highest BCUT2D eigenvalue weighted by atomic mass is 35.5. The Morgan fingerprint density at radius 1 is 1.24 bits per heavy atom. The van der Waals surface area contributed by atoms with Crippen molar-refractivity contribution in [1.82, 2.24) is 10.2 Å². The molecule has 0 aliphatic carbocycles. The van der Waals surface area contributed by atoms with Gasteiger partial charge in [0, 0.05) is 24.7 Å². The number of nitrogens with one attached hydrogen (secondary N) is 1. The van der Waals surface area contributed by atoms with Crippen molar-refractivity contribution in [2.24, 2.45) is 0 Å². The maximum atomic E-state index is 12.0. The zero-order valence-electron chi connectivity index (χ0n) is 11.2. The van der Waals surface area contributed by atoms with Gasteiger partial charge in [0.05, 0.1) is 4.92 Å². The van der Waals surface area contributed by atoms with Crippen LogP contribution in [0.5, 0.6) is 0 Å². The van der Waals surface area contributed by atoms with Crippen LogP contribution in [-0.2, 0) is 0 Å². The molecule has 1 aliphatic heterocycles. The lowest BCUT2D eigenvalue weighted by atomic mass is 10.1. The van der Waals surface area contributed by atoms with Gasteiger partial charge in [0.2, 0.25) is 0 Å². The van der Waals surface area contributed by atoms with E-state index in [9.17, 15) is 19.7 Å². The van der Waals surface area contributed by atoms with Gasteiger partial charge in [0.1, 0.15) is 5.02 Å². The van der Waals surface area contributed by atoms with E-state index in [-0.39, 0.29) is 16.3 Å². The number of carbonyl (C=O) groups excluding carboxylic acids is 2. The zero-order chi connectivity index (χ0) is 15.4. The summed E-state index contributed by atoms with van der Waals surface area (Å²) in [4.78, 5) is 35.5. The smallest absolute Gasteiger partial charge is 0.324 e. The van der Waals surface area contributed by atoms with E-state index in [1.165, 1.54) is 12.1 Å². The number of amides is 3. The van der Waals surface area contributed by atoms with Gasteiger partial charge in [-0.2, -0.15) is 0 Å². The summed E-state index contributed by atoms with van der Waals surface area (Å²) >= 11 is 5.67. The van der Waals surface area contributed by atoms with Crippen LogP contribution in [-0.4, -0.2) is 34.9 Å². The summed E-state index contributed by atoms with van der Waals surface area (Å²) in [6, 6.07) is 3.19. The van der Waals surface area contributed by atoms with Gasteiger partial charge in [-0.3, -0.25) is 20.2 Å². The third kappa shape index (κ3) is 3.69. The lowest BCUT2D eigenvalue weighted by molar-refractivity contribution is -0.384. The third-order valence-electron chi connectivity index (χ3n) is 3.27. The zero-order valence-corrected chi connectivity index (χ0v) is 11.9. The first-order valence-corrected chi connectivity index (χ1v) is 6.91. The maximum absolute atomic E-state index is 12.0. The van der Waals surface area contributed by atoms with Crippen molar-refractivity contribution in [2.75, 3.05) is 13.1 Å². The average Bonchev–Trinajstić information content (AvgIpc) is 2.48. The van der Waals surface area contributed by atoms with Crippen molar-refractivity contribution in [1.29, 1.82) is 0 Å². The molecule has 0 unspecified atom stereocenters. The highest BCUT2D eigenvalue weighted by Gasteiger charge is 2.21. The summed E-state index contributed by atoms with van der Waals surface area (Å²) in [6.07, 6.45) is 2.89. The summed E-state index contributed by atoms with van der Waals surface area (Å²) in [5.41, 5.74) is -0.341. The monoisotopic (exact) mass is 311 g/mol. The molecule has 2 rings (SSSR count). The fourth-order valence-corrected chi connectivity index (χ4v) is 2.33. The minimum Gasteiger partial charge on any atom is -0.324 e. The van der Waals surface area contributed by atoms with E-state index < -0.39 is 16.9 Å². The Morgan fingerprint density at radius 3 is 2.52 bits per heavy atom. The summed E-state index contributed by atoms with van der Waals surface area (Å²) in [5, 5.41) is 13.0. The third-order valence-corrected chi connectivity index (χ3v) is 3.59. The second-order valence-electron chi connectivity index (χ2n) is 4.73. The van der Waals surface area contributed by atoms with Gasteiger partial charge in [-0.15, -0.1) is 0 Å². The lowest BCUT2D eigenvalue weighted by Crippen LogP contribution is -2.45. The maximum Gasteiger partial charge on any atom is 0.324 e. The molecule has 1 heterocycles.